The first-order valence-electron chi connectivity index (χ1n) is 3.51. The van der Waals surface area contributed by atoms with Gasteiger partial charge in [-0.3, -0.25) is 5.43 Å². The summed E-state index contributed by atoms with van der Waals surface area (Å²) in [6, 6.07) is 8.05. The van der Waals surface area contributed by atoms with Gasteiger partial charge in [0.2, 0.25) is 0 Å². The van der Waals surface area contributed by atoms with E-state index >= 15 is 0 Å². The van der Waals surface area contributed by atoms with Gasteiger partial charge in [-0.25, -0.2) is 0 Å². The summed E-state index contributed by atoms with van der Waals surface area (Å²) in [7, 11) is 0. The van der Waals surface area contributed by atoms with Crippen LogP contribution in [0.1, 0.15) is 5.56 Å². The average molecular weight is 225 g/mol. The van der Waals surface area contributed by atoms with E-state index in [4.69, 9.17) is 0 Å². The molecule has 0 unspecified atom stereocenters. The fourth-order valence-electron chi connectivity index (χ4n) is 1.04. The van der Waals surface area contributed by atoms with Crippen molar-refractivity contribution in [2.75, 3.05) is 5.43 Å². The van der Waals surface area contributed by atoms with Crippen LogP contribution in [-0.2, 0) is 0 Å². The predicted molar refractivity (Wildman–Crippen MR) is 57.9 cm³/mol. The first-order chi connectivity index (χ1) is 5.47. The van der Waals surface area contributed by atoms with Crippen LogP contribution in [0.4, 0.5) is 5.69 Å². The number of para-hydroxylation sites is 1. The Balaban J connectivity index is 0.000000720. The van der Waals surface area contributed by atoms with E-state index in [9.17, 15) is 0 Å². The zero-order valence-electron chi connectivity index (χ0n) is 6.40. The Morgan fingerprint density at radius 3 is 2.92 bits per heavy atom. The van der Waals surface area contributed by atoms with Gasteiger partial charge in [0.25, 0.3) is 0 Å². The maximum absolute atomic E-state index is 3.95. The Morgan fingerprint density at radius 1 is 1.17 bits per heavy atom. The molecule has 2 rings (SSSR count). The number of halogens is 1. The minimum Gasteiger partial charge on any atom is -0.278 e. The number of hydrogen-bond acceptors (Lipinski definition) is 2. The van der Waals surface area contributed by atoms with E-state index in [1.807, 2.05) is 36.4 Å². The molecule has 1 heterocycles. The molecule has 3 heteroatoms. The van der Waals surface area contributed by atoms with Gasteiger partial charge < -0.3 is 0 Å². The Morgan fingerprint density at radius 2 is 2.00 bits per heavy atom. The van der Waals surface area contributed by atoms with Crippen LogP contribution in [0.25, 0.3) is 6.08 Å². The zero-order chi connectivity index (χ0) is 7.52. The predicted octanol–water partition coefficient (Wildman–Crippen LogP) is 2.69. The molecule has 0 aromatic heterocycles. The van der Waals surface area contributed by atoms with Crippen LogP contribution < -0.4 is 5.43 Å². The quantitative estimate of drug-likeness (QED) is 0.721. The van der Waals surface area contributed by atoms with Gasteiger partial charge >= 0.3 is 0 Å². The molecule has 1 aromatic carbocycles. The summed E-state index contributed by atoms with van der Waals surface area (Å²) in [5.74, 6) is 0. The van der Waals surface area contributed by atoms with Crippen LogP contribution >= 0.6 is 17.0 Å². The molecule has 1 aliphatic rings. The Kier molecular flexibility index (Phi) is 3.05. The second-order valence-corrected chi connectivity index (χ2v) is 2.34. The van der Waals surface area contributed by atoms with E-state index in [0.717, 1.165) is 5.69 Å². The largest absolute Gasteiger partial charge is 0.278 e. The van der Waals surface area contributed by atoms with Crippen molar-refractivity contribution in [2.45, 2.75) is 0 Å². The van der Waals surface area contributed by atoms with Crippen molar-refractivity contribution < 1.29 is 0 Å². The number of fused-ring (bicyclic) bond motifs is 1. The van der Waals surface area contributed by atoms with Crippen molar-refractivity contribution in [1.82, 2.24) is 0 Å². The van der Waals surface area contributed by atoms with Gasteiger partial charge in [-0.1, -0.05) is 24.3 Å². The van der Waals surface area contributed by atoms with Crippen molar-refractivity contribution in [3.63, 3.8) is 0 Å². The standard InChI is InChI=1S/C9H8N2.BrH/c1-2-6-9-8(4-1)5-3-7-10-11-9;/h1-7,11H;1H. The summed E-state index contributed by atoms with van der Waals surface area (Å²) >= 11 is 0. The van der Waals surface area contributed by atoms with E-state index in [1.165, 1.54) is 5.56 Å². The fourth-order valence-corrected chi connectivity index (χ4v) is 1.04. The molecule has 0 saturated carbocycles. The van der Waals surface area contributed by atoms with Crippen molar-refractivity contribution in [3.05, 3.63) is 35.9 Å². The third kappa shape index (κ3) is 1.74. The summed E-state index contributed by atoms with van der Waals surface area (Å²) in [6.07, 6.45) is 5.68. The van der Waals surface area contributed by atoms with E-state index in [1.54, 1.807) is 6.21 Å². The lowest BCUT2D eigenvalue weighted by molar-refractivity contribution is 1.36. The molecule has 0 spiro atoms. The highest BCUT2D eigenvalue weighted by Crippen LogP contribution is 2.17. The first kappa shape index (κ1) is 9.00. The van der Waals surface area contributed by atoms with E-state index in [0.29, 0.717) is 0 Å². The summed E-state index contributed by atoms with van der Waals surface area (Å²) in [5.41, 5.74) is 5.16. The maximum Gasteiger partial charge on any atom is 0.0634 e. The molecule has 0 amide bonds. The lowest BCUT2D eigenvalue weighted by atomic mass is 10.2. The van der Waals surface area contributed by atoms with Crippen molar-refractivity contribution in [3.8, 4) is 0 Å². The molecule has 0 fully saturated rings. The molecule has 1 N–H and O–H groups in total. The van der Waals surface area contributed by atoms with Crippen LogP contribution in [-0.4, -0.2) is 6.21 Å². The molecule has 1 aliphatic heterocycles. The second-order valence-electron chi connectivity index (χ2n) is 2.34. The van der Waals surface area contributed by atoms with Crippen molar-refractivity contribution in [1.29, 1.82) is 0 Å². The molecule has 12 heavy (non-hydrogen) atoms. The minimum atomic E-state index is 0. The van der Waals surface area contributed by atoms with Gasteiger partial charge in [0, 0.05) is 6.21 Å². The van der Waals surface area contributed by atoms with Crippen LogP contribution in [0, 0.1) is 0 Å². The highest BCUT2D eigenvalue weighted by Gasteiger charge is 1.96. The molecule has 0 radical (unpaired) electrons. The number of rotatable bonds is 0. The Hall–Kier alpha value is -1.09. The van der Waals surface area contributed by atoms with E-state index in [-0.39, 0.29) is 17.0 Å². The van der Waals surface area contributed by atoms with Gasteiger partial charge in [0.1, 0.15) is 0 Å². The average Bonchev–Trinajstić information content (AvgIpc) is 2.28. The molecular formula is C9H9BrN2. The van der Waals surface area contributed by atoms with Gasteiger partial charge in [-0.05, 0) is 17.7 Å². The second kappa shape index (κ2) is 4.07. The van der Waals surface area contributed by atoms with Crippen molar-refractivity contribution >= 4 is 35.0 Å². The minimum absolute atomic E-state index is 0. The van der Waals surface area contributed by atoms with Gasteiger partial charge in [-0.2, -0.15) is 5.10 Å². The SMILES string of the molecule is Br.C1=Cc2ccccc2NN=C1. The summed E-state index contributed by atoms with van der Waals surface area (Å²) in [4.78, 5) is 0. The van der Waals surface area contributed by atoms with Crippen LogP contribution in [0.5, 0.6) is 0 Å². The molecule has 0 aliphatic carbocycles. The number of anilines is 1. The third-order valence-corrected chi connectivity index (χ3v) is 1.58. The molecule has 62 valence electrons. The number of benzene rings is 1. The maximum atomic E-state index is 3.95. The van der Waals surface area contributed by atoms with Crippen LogP contribution in [0.3, 0.4) is 0 Å². The van der Waals surface area contributed by atoms with Crippen LogP contribution in [0.2, 0.25) is 0 Å². The number of hydrazone groups is 1. The van der Waals surface area contributed by atoms with Crippen LogP contribution in [0.15, 0.2) is 35.4 Å². The topological polar surface area (TPSA) is 24.4 Å². The van der Waals surface area contributed by atoms with Gasteiger partial charge in [-0.15, -0.1) is 17.0 Å². The summed E-state index contributed by atoms with van der Waals surface area (Å²) in [6.45, 7) is 0. The first-order valence-corrected chi connectivity index (χ1v) is 3.51. The lowest BCUT2D eigenvalue weighted by Crippen LogP contribution is -1.87. The number of nitrogens with one attached hydrogen (secondary N) is 1. The molecule has 1 aromatic rings. The van der Waals surface area contributed by atoms with E-state index < -0.39 is 0 Å². The van der Waals surface area contributed by atoms with E-state index in [2.05, 4.69) is 10.5 Å². The fraction of sp³-hybridized carbons (Fsp3) is 0. The monoisotopic (exact) mass is 224 g/mol. The molecule has 0 saturated heterocycles. The smallest absolute Gasteiger partial charge is 0.0634 e. The molecule has 0 bridgehead atoms. The highest BCUT2D eigenvalue weighted by molar-refractivity contribution is 8.93. The Bertz CT molecular complexity index is 318. The molecule has 0 atom stereocenters. The van der Waals surface area contributed by atoms with Gasteiger partial charge in [0.15, 0.2) is 0 Å². The number of nitrogens with zero attached hydrogens (tertiary/aromatic N) is 1. The Labute approximate surface area is 81.8 Å². The summed E-state index contributed by atoms with van der Waals surface area (Å²) in [5, 5.41) is 3.95. The van der Waals surface area contributed by atoms with Gasteiger partial charge in [0.05, 0.1) is 5.69 Å². The molecule has 2 nitrogen and oxygen atoms in total. The third-order valence-electron chi connectivity index (χ3n) is 1.58. The zero-order valence-corrected chi connectivity index (χ0v) is 8.11. The summed E-state index contributed by atoms with van der Waals surface area (Å²) < 4.78 is 0. The lowest BCUT2D eigenvalue weighted by Gasteiger charge is -2.00. The number of allylic oxidation sites excluding steroid dienone is 1. The number of hydrogen-bond donors (Lipinski definition) is 1. The van der Waals surface area contributed by atoms with Crippen molar-refractivity contribution in [2.24, 2.45) is 5.10 Å². The highest BCUT2D eigenvalue weighted by atomic mass is 79.9. The molecular weight excluding hydrogens is 216 g/mol. The normalized spacial score (nSPS) is 12.3.